The van der Waals surface area contributed by atoms with E-state index in [2.05, 4.69) is 15.0 Å². The molecule has 0 bridgehead atoms. The summed E-state index contributed by atoms with van der Waals surface area (Å²) in [5.41, 5.74) is 1.95. The molecule has 1 aromatic heterocycles. The van der Waals surface area contributed by atoms with E-state index in [1.54, 1.807) is 11.0 Å². The number of carbonyl (C=O) groups excluding carboxylic acids is 1. The van der Waals surface area contributed by atoms with Gasteiger partial charge in [-0.2, -0.15) is 5.10 Å². The van der Waals surface area contributed by atoms with Gasteiger partial charge >= 0.3 is 0 Å². The largest absolute Gasteiger partial charge is 0.333 e. The number of amides is 1. The molecule has 0 spiro atoms. The first kappa shape index (κ1) is 15.4. The molecule has 0 aliphatic heterocycles. The zero-order chi connectivity index (χ0) is 16.4. The number of nitrogens with zero attached hydrogens (tertiary/aromatic N) is 4. The van der Waals surface area contributed by atoms with Crippen molar-refractivity contribution in [3.8, 4) is 0 Å². The summed E-state index contributed by atoms with van der Waals surface area (Å²) >= 11 is 0. The van der Waals surface area contributed by atoms with E-state index in [-0.39, 0.29) is 5.91 Å². The van der Waals surface area contributed by atoms with Crippen LogP contribution in [0.2, 0.25) is 0 Å². The Morgan fingerprint density at radius 3 is 2.38 bits per heavy atom. The van der Waals surface area contributed by atoms with Crippen LogP contribution in [-0.4, -0.2) is 37.7 Å². The quantitative estimate of drug-likeness (QED) is 0.848. The van der Waals surface area contributed by atoms with Crippen molar-refractivity contribution < 1.29 is 4.79 Å². The number of hydrogen-bond acceptors (Lipinski definition) is 3. The summed E-state index contributed by atoms with van der Waals surface area (Å²) in [5, 5.41) is 4.12. The molecule has 2 aromatic rings. The van der Waals surface area contributed by atoms with Gasteiger partial charge in [0.05, 0.1) is 6.54 Å². The lowest BCUT2D eigenvalue weighted by Crippen LogP contribution is -2.43. The Morgan fingerprint density at radius 1 is 1.04 bits per heavy atom. The number of benzene rings is 1. The van der Waals surface area contributed by atoms with E-state index in [0.29, 0.717) is 18.6 Å². The molecule has 0 atom stereocenters. The van der Waals surface area contributed by atoms with Gasteiger partial charge in [0.1, 0.15) is 12.7 Å². The minimum atomic E-state index is 0.219. The predicted octanol–water partition coefficient (Wildman–Crippen LogP) is 3.26. The Hall–Kier alpha value is -2.17. The van der Waals surface area contributed by atoms with E-state index in [9.17, 15) is 4.79 Å². The van der Waals surface area contributed by atoms with Crippen LogP contribution in [0.3, 0.4) is 0 Å². The predicted molar refractivity (Wildman–Crippen MR) is 91.6 cm³/mol. The molecule has 126 valence electrons. The third kappa shape index (κ3) is 3.35. The molecule has 24 heavy (non-hydrogen) atoms. The van der Waals surface area contributed by atoms with Gasteiger partial charge in [-0.05, 0) is 43.4 Å². The molecule has 1 aromatic carbocycles. The van der Waals surface area contributed by atoms with Crippen molar-refractivity contribution in [1.82, 2.24) is 19.7 Å². The molecule has 0 saturated heterocycles. The van der Waals surface area contributed by atoms with Gasteiger partial charge in [-0.1, -0.05) is 31.4 Å². The Labute approximate surface area is 142 Å². The molecule has 2 saturated carbocycles. The smallest absolute Gasteiger partial charge is 0.254 e. The maximum atomic E-state index is 13.1. The van der Waals surface area contributed by atoms with Crippen LogP contribution in [0.25, 0.3) is 0 Å². The highest BCUT2D eigenvalue weighted by atomic mass is 16.2. The second-order valence-corrected chi connectivity index (χ2v) is 7.03. The lowest BCUT2D eigenvalue weighted by molar-refractivity contribution is 0.0614. The normalized spacial score (nSPS) is 18.5. The first-order chi connectivity index (χ1) is 11.8. The van der Waals surface area contributed by atoms with Crippen LogP contribution in [0.5, 0.6) is 0 Å². The summed E-state index contributed by atoms with van der Waals surface area (Å²) in [6.45, 7) is 0.684. The minimum absolute atomic E-state index is 0.219. The highest BCUT2D eigenvalue weighted by Gasteiger charge is 2.37. The zero-order valence-corrected chi connectivity index (χ0v) is 14.0. The molecular weight excluding hydrogens is 300 g/mol. The topological polar surface area (TPSA) is 51.0 Å². The van der Waals surface area contributed by atoms with Gasteiger partial charge in [0.15, 0.2) is 0 Å². The lowest BCUT2D eigenvalue weighted by Gasteiger charge is -2.34. The Kier molecular flexibility index (Phi) is 4.32. The van der Waals surface area contributed by atoms with Crippen LogP contribution in [-0.2, 0) is 6.54 Å². The maximum Gasteiger partial charge on any atom is 0.254 e. The van der Waals surface area contributed by atoms with Crippen molar-refractivity contribution in [3.63, 3.8) is 0 Å². The van der Waals surface area contributed by atoms with Crippen LogP contribution in [0, 0.1) is 0 Å². The van der Waals surface area contributed by atoms with E-state index < -0.39 is 0 Å². The fraction of sp³-hybridized carbons (Fsp3) is 0.526. The molecular formula is C19H24N4O. The van der Waals surface area contributed by atoms with Gasteiger partial charge < -0.3 is 4.90 Å². The molecule has 0 radical (unpaired) electrons. The van der Waals surface area contributed by atoms with Crippen molar-refractivity contribution in [3.05, 3.63) is 48.0 Å². The van der Waals surface area contributed by atoms with Gasteiger partial charge in [-0.3, -0.25) is 4.79 Å². The average molecular weight is 324 g/mol. The van der Waals surface area contributed by atoms with Crippen molar-refractivity contribution in [2.75, 3.05) is 0 Å². The molecule has 1 heterocycles. The monoisotopic (exact) mass is 324 g/mol. The highest BCUT2D eigenvalue weighted by molar-refractivity contribution is 5.94. The summed E-state index contributed by atoms with van der Waals surface area (Å²) in [6, 6.07) is 8.92. The Bertz CT molecular complexity index is 670. The van der Waals surface area contributed by atoms with Crippen molar-refractivity contribution in [2.24, 2.45) is 0 Å². The summed E-state index contributed by atoms with van der Waals surface area (Å²) in [6.07, 6.45) is 11.8. The van der Waals surface area contributed by atoms with Crippen molar-refractivity contribution in [2.45, 2.75) is 63.6 Å². The molecule has 2 aliphatic rings. The van der Waals surface area contributed by atoms with Crippen LogP contribution in [0.4, 0.5) is 0 Å². The van der Waals surface area contributed by atoms with Crippen molar-refractivity contribution >= 4 is 5.91 Å². The molecule has 2 aliphatic carbocycles. The van der Waals surface area contributed by atoms with Crippen LogP contribution < -0.4 is 0 Å². The van der Waals surface area contributed by atoms with Crippen LogP contribution >= 0.6 is 0 Å². The number of rotatable bonds is 5. The summed E-state index contributed by atoms with van der Waals surface area (Å²) in [7, 11) is 0. The molecule has 4 rings (SSSR count). The van der Waals surface area contributed by atoms with Gasteiger partial charge in [0, 0.05) is 17.6 Å². The second-order valence-electron chi connectivity index (χ2n) is 7.03. The van der Waals surface area contributed by atoms with E-state index in [1.807, 2.05) is 24.3 Å². The maximum absolute atomic E-state index is 13.1. The third-order valence-electron chi connectivity index (χ3n) is 5.15. The molecule has 5 heteroatoms. The van der Waals surface area contributed by atoms with E-state index in [0.717, 1.165) is 11.1 Å². The Balaban J connectivity index is 1.48. The first-order valence-corrected chi connectivity index (χ1v) is 9.05. The number of hydrogen-bond donors (Lipinski definition) is 0. The zero-order valence-electron chi connectivity index (χ0n) is 14.0. The van der Waals surface area contributed by atoms with Crippen LogP contribution in [0.1, 0.15) is 60.9 Å². The fourth-order valence-electron chi connectivity index (χ4n) is 3.74. The standard InChI is InChI=1S/C19H24N4O/c24-19(23(18-10-11-18)17-4-2-1-3-5-17)16-8-6-15(7-9-16)12-22-14-20-13-21-22/h6-9,13-14,17-18H,1-5,10-12H2. The molecule has 1 amide bonds. The van der Waals surface area contributed by atoms with Gasteiger partial charge in [0.2, 0.25) is 0 Å². The second kappa shape index (κ2) is 6.75. The Morgan fingerprint density at radius 2 is 1.75 bits per heavy atom. The van der Waals surface area contributed by atoms with Gasteiger partial charge in [-0.15, -0.1) is 0 Å². The van der Waals surface area contributed by atoms with E-state index >= 15 is 0 Å². The molecule has 0 unspecified atom stereocenters. The SMILES string of the molecule is O=C(c1ccc(Cn2cncn2)cc1)N(C1CCCCC1)C1CC1. The number of carbonyl (C=O) groups is 1. The van der Waals surface area contributed by atoms with E-state index in [4.69, 9.17) is 0 Å². The fourth-order valence-corrected chi connectivity index (χ4v) is 3.74. The molecule has 2 fully saturated rings. The van der Waals surface area contributed by atoms with Gasteiger partial charge in [-0.25, -0.2) is 9.67 Å². The summed E-state index contributed by atoms with van der Waals surface area (Å²) in [5.74, 6) is 0.219. The molecule has 0 N–H and O–H groups in total. The first-order valence-electron chi connectivity index (χ1n) is 9.05. The summed E-state index contributed by atoms with van der Waals surface area (Å²) in [4.78, 5) is 19.2. The summed E-state index contributed by atoms with van der Waals surface area (Å²) < 4.78 is 1.79. The van der Waals surface area contributed by atoms with E-state index in [1.165, 1.54) is 51.3 Å². The highest BCUT2D eigenvalue weighted by Crippen LogP contribution is 2.34. The molecule has 5 nitrogen and oxygen atoms in total. The average Bonchev–Trinajstić information content (AvgIpc) is 3.32. The minimum Gasteiger partial charge on any atom is -0.333 e. The van der Waals surface area contributed by atoms with Crippen molar-refractivity contribution in [1.29, 1.82) is 0 Å². The number of aromatic nitrogens is 3. The lowest BCUT2D eigenvalue weighted by atomic mass is 9.93. The van der Waals surface area contributed by atoms with Gasteiger partial charge in [0.25, 0.3) is 5.91 Å². The van der Waals surface area contributed by atoms with Crippen LogP contribution in [0.15, 0.2) is 36.9 Å². The third-order valence-corrected chi connectivity index (χ3v) is 5.15.